The van der Waals surface area contributed by atoms with Gasteiger partial charge in [-0.05, 0) is 42.3 Å². The van der Waals surface area contributed by atoms with Crippen LogP contribution < -0.4 is 10.6 Å². The van der Waals surface area contributed by atoms with Gasteiger partial charge in [-0.2, -0.15) is 4.31 Å². The zero-order chi connectivity index (χ0) is 19.9. The maximum atomic E-state index is 12.4. The number of nitrogens with zero attached hydrogens (tertiary/aromatic N) is 1. The number of carbonyl (C=O) groups is 1. The zero-order valence-electron chi connectivity index (χ0n) is 15.6. The standard InChI is InChI=1S/C20H25N3O3S/c1-4-14-23(3)27(25,26)18-12-10-17(11-13-18)21-15-20(24)22-19-9-7-6-8-16(19)5-2/h4,6-13,21H,1,5,14-15H2,2-3H3,(H,22,24). The number of amides is 1. The van der Waals surface area contributed by atoms with Crippen molar-refractivity contribution in [2.24, 2.45) is 0 Å². The molecule has 6 nitrogen and oxygen atoms in total. The second kappa shape index (κ2) is 9.34. The summed E-state index contributed by atoms with van der Waals surface area (Å²) in [4.78, 5) is 12.3. The third kappa shape index (κ3) is 5.42. The fraction of sp³-hybridized carbons (Fsp3) is 0.250. The Morgan fingerprint density at radius 3 is 2.44 bits per heavy atom. The number of likely N-dealkylation sites (N-methyl/N-ethyl adjacent to an activating group) is 1. The van der Waals surface area contributed by atoms with Gasteiger partial charge in [0.1, 0.15) is 0 Å². The topological polar surface area (TPSA) is 78.5 Å². The molecule has 27 heavy (non-hydrogen) atoms. The van der Waals surface area contributed by atoms with Crippen molar-refractivity contribution >= 4 is 27.3 Å². The highest BCUT2D eigenvalue weighted by atomic mass is 32.2. The predicted molar refractivity (Wildman–Crippen MR) is 109 cm³/mol. The summed E-state index contributed by atoms with van der Waals surface area (Å²) in [5.74, 6) is -0.168. The van der Waals surface area contributed by atoms with Crippen molar-refractivity contribution in [3.05, 3.63) is 66.7 Å². The van der Waals surface area contributed by atoms with Gasteiger partial charge in [-0.15, -0.1) is 6.58 Å². The maximum absolute atomic E-state index is 12.4. The zero-order valence-corrected chi connectivity index (χ0v) is 16.4. The third-order valence-electron chi connectivity index (χ3n) is 4.07. The first-order valence-electron chi connectivity index (χ1n) is 8.67. The highest BCUT2D eigenvalue weighted by molar-refractivity contribution is 7.89. The van der Waals surface area contributed by atoms with Crippen molar-refractivity contribution < 1.29 is 13.2 Å². The van der Waals surface area contributed by atoms with Crippen molar-refractivity contribution in [1.29, 1.82) is 0 Å². The van der Waals surface area contributed by atoms with Crippen LogP contribution >= 0.6 is 0 Å². The molecule has 0 atom stereocenters. The van der Waals surface area contributed by atoms with Crippen LogP contribution in [0.4, 0.5) is 11.4 Å². The van der Waals surface area contributed by atoms with Gasteiger partial charge in [0.15, 0.2) is 0 Å². The largest absolute Gasteiger partial charge is 0.376 e. The molecule has 0 radical (unpaired) electrons. The smallest absolute Gasteiger partial charge is 0.243 e. The Labute approximate surface area is 161 Å². The molecule has 0 aliphatic carbocycles. The van der Waals surface area contributed by atoms with Crippen molar-refractivity contribution in [1.82, 2.24) is 4.31 Å². The van der Waals surface area contributed by atoms with E-state index in [1.165, 1.54) is 29.6 Å². The molecule has 0 heterocycles. The van der Waals surface area contributed by atoms with E-state index in [0.717, 1.165) is 17.7 Å². The number of aryl methyl sites for hydroxylation is 1. The van der Waals surface area contributed by atoms with Gasteiger partial charge in [0.05, 0.1) is 11.4 Å². The number of sulfonamides is 1. The summed E-state index contributed by atoms with van der Waals surface area (Å²) < 4.78 is 25.9. The Hall–Kier alpha value is -2.64. The Balaban J connectivity index is 1.97. The van der Waals surface area contributed by atoms with E-state index in [2.05, 4.69) is 17.2 Å². The van der Waals surface area contributed by atoms with E-state index in [9.17, 15) is 13.2 Å². The molecule has 2 aromatic rings. The predicted octanol–water partition coefficient (Wildman–Crippen LogP) is 3.11. The Bertz CT molecular complexity index is 893. The molecule has 0 aliphatic heterocycles. The number of benzene rings is 2. The fourth-order valence-electron chi connectivity index (χ4n) is 2.53. The monoisotopic (exact) mass is 387 g/mol. The van der Waals surface area contributed by atoms with Gasteiger partial charge >= 0.3 is 0 Å². The van der Waals surface area contributed by atoms with E-state index >= 15 is 0 Å². The van der Waals surface area contributed by atoms with Gasteiger partial charge in [-0.25, -0.2) is 8.42 Å². The second-order valence-electron chi connectivity index (χ2n) is 6.01. The SMILES string of the molecule is C=CCN(C)S(=O)(=O)c1ccc(NCC(=O)Nc2ccccc2CC)cc1. The summed E-state index contributed by atoms with van der Waals surface area (Å²) in [5.41, 5.74) is 2.54. The molecule has 2 rings (SSSR count). The van der Waals surface area contributed by atoms with E-state index in [1.807, 2.05) is 31.2 Å². The van der Waals surface area contributed by atoms with E-state index < -0.39 is 10.0 Å². The van der Waals surface area contributed by atoms with Crippen molar-refractivity contribution in [2.45, 2.75) is 18.2 Å². The average Bonchev–Trinajstić information content (AvgIpc) is 2.67. The normalized spacial score (nSPS) is 11.2. The van der Waals surface area contributed by atoms with E-state index in [0.29, 0.717) is 5.69 Å². The lowest BCUT2D eigenvalue weighted by molar-refractivity contribution is -0.114. The van der Waals surface area contributed by atoms with E-state index in [1.54, 1.807) is 12.1 Å². The summed E-state index contributed by atoms with van der Waals surface area (Å²) in [6.45, 7) is 5.90. The molecule has 1 amide bonds. The number of rotatable bonds is 9. The minimum absolute atomic E-state index is 0.0838. The van der Waals surface area contributed by atoms with Crippen LogP contribution in [-0.2, 0) is 21.2 Å². The quantitative estimate of drug-likeness (QED) is 0.648. The highest BCUT2D eigenvalue weighted by Crippen LogP contribution is 2.18. The molecule has 0 saturated heterocycles. The first kappa shape index (κ1) is 20.7. The minimum atomic E-state index is -3.54. The van der Waals surface area contributed by atoms with Crippen LogP contribution in [0, 0.1) is 0 Å². The molecule has 7 heteroatoms. The van der Waals surface area contributed by atoms with E-state index in [4.69, 9.17) is 0 Å². The average molecular weight is 388 g/mol. The summed E-state index contributed by atoms with van der Waals surface area (Å²) in [7, 11) is -2.04. The molecule has 2 N–H and O–H groups in total. The molecule has 0 fully saturated rings. The number of carbonyl (C=O) groups excluding carboxylic acids is 1. The molecule has 0 aromatic heterocycles. The molecular weight excluding hydrogens is 362 g/mol. The molecule has 0 aliphatic rings. The van der Waals surface area contributed by atoms with Gasteiger partial charge < -0.3 is 10.6 Å². The van der Waals surface area contributed by atoms with E-state index in [-0.39, 0.29) is 23.9 Å². The molecule has 0 spiro atoms. The van der Waals surface area contributed by atoms with Crippen LogP contribution in [0.5, 0.6) is 0 Å². The molecule has 2 aromatic carbocycles. The van der Waals surface area contributed by atoms with Gasteiger partial charge in [-0.3, -0.25) is 4.79 Å². The van der Waals surface area contributed by atoms with Crippen LogP contribution in [0.1, 0.15) is 12.5 Å². The Kier molecular flexibility index (Phi) is 7.15. The van der Waals surface area contributed by atoms with Crippen molar-refractivity contribution in [3.8, 4) is 0 Å². The maximum Gasteiger partial charge on any atom is 0.243 e. The lowest BCUT2D eigenvalue weighted by Gasteiger charge is -2.15. The summed E-state index contributed by atoms with van der Waals surface area (Å²) in [5, 5.41) is 5.88. The van der Waals surface area contributed by atoms with Crippen LogP contribution in [0.25, 0.3) is 0 Å². The fourth-order valence-corrected chi connectivity index (χ4v) is 3.67. The third-order valence-corrected chi connectivity index (χ3v) is 5.91. The number of hydrogen-bond acceptors (Lipinski definition) is 4. The van der Waals surface area contributed by atoms with Crippen LogP contribution in [-0.4, -0.2) is 38.8 Å². The second-order valence-corrected chi connectivity index (χ2v) is 8.06. The van der Waals surface area contributed by atoms with Crippen LogP contribution in [0.3, 0.4) is 0 Å². The van der Waals surface area contributed by atoms with Crippen molar-refractivity contribution in [3.63, 3.8) is 0 Å². The molecular formula is C20H25N3O3S. The number of para-hydroxylation sites is 1. The van der Waals surface area contributed by atoms with Crippen molar-refractivity contribution in [2.75, 3.05) is 30.8 Å². The van der Waals surface area contributed by atoms with Crippen LogP contribution in [0.2, 0.25) is 0 Å². The lowest BCUT2D eigenvalue weighted by atomic mass is 10.1. The van der Waals surface area contributed by atoms with Gasteiger partial charge in [0.2, 0.25) is 15.9 Å². The first-order valence-corrected chi connectivity index (χ1v) is 10.1. The lowest BCUT2D eigenvalue weighted by Crippen LogP contribution is -2.27. The van der Waals surface area contributed by atoms with Gasteiger partial charge in [-0.1, -0.05) is 31.2 Å². The molecule has 144 valence electrons. The number of anilines is 2. The Morgan fingerprint density at radius 2 is 1.81 bits per heavy atom. The summed E-state index contributed by atoms with van der Waals surface area (Å²) >= 11 is 0. The Morgan fingerprint density at radius 1 is 1.15 bits per heavy atom. The minimum Gasteiger partial charge on any atom is -0.376 e. The molecule has 0 unspecified atom stereocenters. The summed E-state index contributed by atoms with van der Waals surface area (Å²) in [6.07, 6.45) is 2.36. The highest BCUT2D eigenvalue weighted by Gasteiger charge is 2.19. The van der Waals surface area contributed by atoms with Gasteiger partial charge in [0, 0.05) is 25.0 Å². The number of hydrogen-bond donors (Lipinski definition) is 2. The molecule has 0 bridgehead atoms. The molecule has 0 saturated carbocycles. The summed E-state index contributed by atoms with van der Waals surface area (Å²) in [6, 6.07) is 14.0. The van der Waals surface area contributed by atoms with Crippen LogP contribution in [0.15, 0.2) is 66.1 Å². The first-order chi connectivity index (χ1) is 12.9. The van der Waals surface area contributed by atoms with Gasteiger partial charge in [0.25, 0.3) is 0 Å². The number of nitrogens with one attached hydrogen (secondary N) is 2.